The van der Waals surface area contributed by atoms with Crippen LogP contribution >= 0.6 is 0 Å². The third-order valence-corrected chi connectivity index (χ3v) is 10.3. The fraction of sp³-hybridized carbons (Fsp3) is 0. The van der Waals surface area contributed by atoms with Crippen molar-refractivity contribution in [2.45, 2.75) is 0 Å². The van der Waals surface area contributed by atoms with Gasteiger partial charge in [0.15, 0.2) is 5.82 Å². The van der Waals surface area contributed by atoms with E-state index in [1.54, 1.807) is 6.20 Å². The topological polar surface area (TPSA) is 116 Å². The van der Waals surface area contributed by atoms with Crippen molar-refractivity contribution in [1.82, 2.24) is 45.3 Å². The van der Waals surface area contributed by atoms with E-state index in [1.807, 2.05) is 128 Å². The Kier molecular flexibility index (Phi) is 7.27. The molecule has 0 saturated heterocycles. The van der Waals surface area contributed by atoms with Crippen LogP contribution in [0.5, 0.6) is 0 Å². The number of aromatic nitrogens is 9. The van der Waals surface area contributed by atoms with Crippen LogP contribution < -0.4 is 0 Å². The van der Waals surface area contributed by atoms with E-state index >= 15 is 0 Å². The number of hydrogen-bond donors (Lipinski definition) is 0. The molecule has 11 aromatic rings. The van der Waals surface area contributed by atoms with E-state index in [9.17, 15) is 0 Å². The molecule has 0 amide bonds. The number of fused-ring (bicyclic) bond motifs is 5. The molecule has 0 atom stereocenters. The van der Waals surface area contributed by atoms with Crippen LogP contribution in [0.1, 0.15) is 0 Å². The van der Waals surface area contributed by atoms with Gasteiger partial charge in [0.1, 0.15) is 5.69 Å². The molecule has 0 radical (unpaired) electrons. The molecule has 0 aliphatic heterocycles. The molecule has 11 rings (SSSR count). The summed E-state index contributed by atoms with van der Waals surface area (Å²) in [6.45, 7) is 0. The van der Waals surface area contributed by atoms with Gasteiger partial charge in [0.2, 0.25) is 0 Å². The first-order valence-electron chi connectivity index (χ1n) is 18.2. The number of pyridine rings is 1. The molecular weight excluding hydrogens is 691 g/mol. The first-order valence-corrected chi connectivity index (χ1v) is 18.2. The van der Waals surface area contributed by atoms with Gasteiger partial charge < -0.3 is 0 Å². The highest BCUT2D eigenvalue weighted by Crippen LogP contribution is 2.50. The Balaban J connectivity index is 1.39. The number of para-hydroxylation sites is 3. The van der Waals surface area contributed by atoms with Gasteiger partial charge >= 0.3 is 0 Å². The van der Waals surface area contributed by atoms with E-state index in [1.165, 1.54) is 0 Å². The molecule has 9 nitrogen and oxygen atoms in total. The minimum atomic E-state index is 0.491. The van der Waals surface area contributed by atoms with Crippen molar-refractivity contribution >= 4 is 54.4 Å². The zero-order valence-corrected chi connectivity index (χ0v) is 29.6. The lowest BCUT2D eigenvalue weighted by Crippen LogP contribution is -2.05. The number of benzene rings is 6. The van der Waals surface area contributed by atoms with Crippen LogP contribution in [0.4, 0.5) is 0 Å². The molecule has 9 heteroatoms. The Morgan fingerprint density at radius 1 is 0.357 bits per heavy atom. The second-order valence-corrected chi connectivity index (χ2v) is 13.5. The molecule has 5 aromatic heterocycles. The zero-order valence-electron chi connectivity index (χ0n) is 29.6. The second-order valence-electron chi connectivity index (χ2n) is 13.5. The molecule has 0 spiro atoms. The predicted octanol–water partition coefficient (Wildman–Crippen LogP) is 10.3. The van der Waals surface area contributed by atoms with E-state index in [0.717, 1.165) is 82.3 Å². The Hall–Kier alpha value is -7.91. The third-order valence-electron chi connectivity index (χ3n) is 10.3. The van der Waals surface area contributed by atoms with Gasteiger partial charge in [-0.15, -0.1) is 15.3 Å². The van der Waals surface area contributed by atoms with Crippen LogP contribution in [0, 0.1) is 0 Å². The molecule has 56 heavy (non-hydrogen) atoms. The summed E-state index contributed by atoms with van der Waals surface area (Å²) in [6.07, 6.45) is 7.32. The minimum Gasteiger partial charge on any atom is -0.256 e. The largest absolute Gasteiger partial charge is 0.256 e. The van der Waals surface area contributed by atoms with Crippen molar-refractivity contribution in [2.24, 2.45) is 0 Å². The maximum atomic E-state index is 5.32. The molecule has 6 aromatic carbocycles. The molecule has 0 aliphatic carbocycles. The van der Waals surface area contributed by atoms with Crippen LogP contribution in [0.25, 0.3) is 111 Å². The molecule has 260 valence electrons. The van der Waals surface area contributed by atoms with Crippen molar-refractivity contribution in [3.05, 3.63) is 164 Å². The molecule has 0 bridgehead atoms. The van der Waals surface area contributed by atoms with Gasteiger partial charge in [0.05, 0.1) is 51.5 Å². The smallest absolute Gasteiger partial charge is 0.161 e. The highest BCUT2D eigenvalue weighted by molar-refractivity contribution is 6.12. The summed E-state index contributed by atoms with van der Waals surface area (Å²) < 4.78 is 0. The quantitative estimate of drug-likeness (QED) is 0.171. The lowest BCUT2D eigenvalue weighted by molar-refractivity contribution is 1.06. The standard InChI is InChI=1S/C47H27N9/c1-5-15-32-28(11-1)21-22-48-45(32)35-24-34(40-23-29-12-3-8-18-37(29)54-55-40)43(47-50-25-31-14-4-7-17-36(31)53-47)44(41-27-49-38-19-9-10-20-39(38)52-41)42(35)46-33-16-6-2-13-30(33)26-51-56-46/h1-27H. The van der Waals surface area contributed by atoms with E-state index in [-0.39, 0.29) is 0 Å². The van der Waals surface area contributed by atoms with Crippen molar-refractivity contribution in [1.29, 1.82) is 0 Å². The average Bonchev–Trinajstić information content (AvgIpc) is 3.27. The monoisotopic (exact) mass is 717 g/mol. The first-order chi connectivity index (χ1) is 27.8. The van der Waals surface area contributed by atoms with Gasteiger partial charge in [-0.3, -0.25) is 9.97 Å². The fourth-order valence-corrected chi connectivity index (χ4v) is 7.64. The molecule has 0 aliphatic rings. The summed E-state index contributed by atoms with van der Waals surface area (Å²) in [5.41, 5.74) is 9.56. The van der Waals surface area contributed by atoms with Gasteiger partial charge in [-0.25, -0.2) is 15.0 Å². The summed E-state index contributed by atoms with van der Waals surface area (Å²) in [5.74, 6) is 0.491. The van der Waals surface area contributed by atoms with E-state index in [4.69, 9.17) is 40.2 Å². The van der Waals surface area contributed by atoms with Crippen molar-refractivity contribution < 1.29 is 0 Å². The second kappa shape index (κ2) is 12.9. The fourth-order valence-electron chi connectivity index (χ4n) is 7.64. The normalized spacial score (nSPS) is 11.6. The van der Waals surface area contributed by atoms with Crippen LogP contribution in [-0.4, -0.2) is 45.3 Å². The lowest BCUT2D eigenvalue weighted by atomic mass is 9.83. The maximum absolute atomic E-state index is 5.32. The average molecular weight is 718 g/mol. The van der Waals surface area contributed by atoms with Gasteiger partial charge in [-0.2, -0.15) is 5.10 Å². The van der Waals surface area contributed by atoms with Crippen molar-refractivity contribution in [3.8, 4) is 56.4 Å². The van der Waals surface area contributed by atoms with Crippen LogP contribution in [0.2, 0.25) is 0 Å². The number of rotatable bonds is 5. The summed E-state index contributed by atoms with van der Waals surface area (Å²) in [4.78, 5) is 25.7. The van der Waals surface area contributed by atoms with Crippen LogP contribution in [0.3, 0.4) is 0 Å². The lowest BCUT2D eigenvalue weighted by Gasteiger charge is -2.22. The molecular formula is C47H27N9. The molecule has 0 fully saturated rings. The number of hydrogen-bond acceptors (Lipinski definition) is 9. The Morgan fingerprint density at radius 3 is 1.91 bits per heavy atom. The third kappa shape index (κ3) is 5.21. The van der Waals surface area contributed by atoms with Gasteiger partial charge in [0, 0.05) is 67.1 Å². The summed E-state index contributed by atoms with van der Waals surface area (Å²) in [6, 6.07) is 46.5. The zero-order chi connectivity index (χ0) is 37.0. The Labute approximate surface area is 319 Å². The highest BCUT2D eigenvalue weighted by Gasteiger charge is 2.30. The molecule has 0 saturated carbocycles. The highest BCUT2D eigenvalue weighted by atomic mass is 15.1. The molecule has 0 unspecified atom stereocenters. The summed E-state index contributed by atoms with van der Waals surface area (Å²) in [7, 11) is 0. The van der Waals surface area contributed by atoms with Crippen molar-refractivity contribution in [3.63, 3.8) is 0 Å². The van der Waals surface area contributed by atoms with Crippen molar-refractivity contribution in [2.75, 3.05) is 0 Å². The minimum absolute atomic E-state index is 0.491. The van der Waals surface area contributed by atoms with Gasteiger partial charge in [0.25, 0.3) is 0 Å². The maximum Gasteiger partial charge on any atom is 0.161 e. The van der Waals surface area contributed by atoms with E-state index in [2.05, 4.69) is 35.4 Å². The Bertz CT molecular complexity index is 3340. The summed E-state index contributed by atoms with van der Waals surface area (Å²) >= 11 is 0. The van der Waals surface area contributed by atoms with Crippen LogP contribution in [0.15, 0.2) is 164 Å². The molecule has 5 heterocycles. The van der Waals surface area contributed by atoms with Crippen LogP contribution in [-0.2, 0) is 0 Å². The number of nitrogens with zero attached hydrogens (tertiary/aromatic N) is 9. The molecule has 0 N–H and O–H groups in total. The predicted molar refractivity (Wildman–Crippen MR) is 221 cm³/mol. The Morgan fingerprint density at radius 2 is 1.05 bits per heavy atom. The SMILES string of the molecule is c1ccc2nnc(-c3cc(-c4nccc5ccccc45)c(-c4nncc5ccccc45)c(-c4cnc5ccccc5n4)c3-c3ncc4ccccc4n3)cc2c1. The van der Waals surface area contributed by atoms with Gasteiger partial charge in [-0.05, 0) is 47.9 Å². The van der Waals surface area contributed by atoms with Gasteiger partial charge in [-0.1, -0.05) is 97.1 Å². The van der Waals surface area contributed by atoms with E-state index in [0.29, 0.717) is 28.5 Å². The summed E-state index contributed by atoms with van der Waals surface area (Å²) in [5, 5.41) is 24.8. The first kappa shape index (κ1) is 31.6. The van der Waals surface area contributed by atoms with E-state index < -0.39 is 0 Å².